The Morgan fingerprint density at radius 3 is 3.00 bits per heavy atom. The zero-order valence-electron chi connectivity index (χ0n) is 10.5. The molecule has 0 spiro atoms. The maximum atomic E-state index is 12.0. The number of anilines is 1. The second-order valence-corrected chi connectivity index (χ2v) is 7.45. The summed E-state index contributed by atoms with van der Waals surface area (Å²) in [4.78, 5) is 17.8. The molecule has 1 aromatic carbocycles. The molecular weight excluding hydrogens is 298 g/mol. The zero-order chi connectivity index (χ0) is 14.3. The second kappa shape index (κ2) is 4.80. The van der Waals surface area contributed by atoms with E-state index in [0.717, 1.165) is 15.9 Å². The number of nitrogens with zero attached hydrogens (tertiary/aromatic N) is 2. The minimum absolute atomic E-state index is 0.0671. The lowest BCUT2D eigenvalue weighted by atomic mass is 10.1. The van der Waals surface area contributed by atoms with E-state index in [4.69, 9.17) is 5.14 Å². The van der Waals surface area contributed by atoms with Crippen molar-refractivity contribution in [2.75, 3.05) is 17.2 Å². The van der Waals surface area contributed by atoms with Crippen molar-refractivity contribution in [3.63, 3.8) is 0 Å². The summed E-state index contributed by atoms with van der Waals surface area (Å²) < 4.78 is 23.2. The number of carbonyl (C=O) groups excluding carboxylic acids is 1. The highest BCUT2D eigenvalue weighted by molar-refractivity contribution is 7.89. The third-order valence-electron chi connectivity index (χ3n) is 3.30. The molecule has 0 saturated carbocycles. The second-order valence-electron chi connectivity index (χ2n) is 4.91. The van der Waals surface area contributed by atoms with E-state index in [1.807, 2.05) is 18.2 Å². The van der Waals surface area contributed by atoms with E-state index in [-0.39, 0.29) is 24.0 Å². The largest absolute Gasteiger partial charge is 0.312 e. The van der Waals surface area contributed by atoms with Crippen molar-refractivity contribution in [1.82, 2.24) is 4.98 Å². The molecule has 1 atom stereocenters. The predicted molar refractivity (Wildman–Crippen MR) is 78.1 cm³/mol. The number of nitrogens with two attached hydrogens (primary N) is 1. The van der Waals surface area contributed by atoms with Gasteiger partial charge < -0.3 is 4.90 Å². The average Bonchev–Trinajstić information content (AvgIpc) is 2.92. The van der Waals surface area contributed by atoms with Crippen molar-refractivity contribution in [3.8, 4) is 0 Å². The van der Waals surface area contributed by atoms with Gasteiger partial charge in [0.1, 0.15) is 0 Å². The van der Waals surface area contributed by atoms with Crippen molar-refractivity contribution in [1.29, 1.82) is 0 Å². The fraction of sp³-hybridized carbons (Fsp3) is 0.333. The number of carbonyl (C=O) groups is 1. The van der Waals surface area contributed by atoms with Crippen LogP contribution in [-0.2, 0) is 14.8 Å². The van der Waals surface area contributed by atoms with Crippen molar-refractivity contribution in [2.45, 2.75) is 6.42 Å². The van der Waals surface area contributed by atoms with E-state index in [1.54, 1.807) is 10.4 Å². The predicted octanol–water partition coefficient (Wildman–Crippen LogP) is 0.938. The maximum Gasteiger partial charge on any atom is 0.227 e. The van der Waals surface area contributed by atoms with Crippen LogP contribution in [0.5, 0.6) is 0 Å². The topological polar surface area (TPSA) is 93.4 Å². The maximum absolute atomic E-state index is 12.0. The molecule has 20 heavy (non-hydrogen) atoms. The summed E-state index contributed by atoms with van der Waals surface area (Å²) in [5, 5.41) is 5.04. The molecule has 2 N–H and O–H groups in total. The van der Waals surface area contributed by atoms with Gasteiger partial charge in [-0.25, -0.2) is 18.5 Å². The number of fused-ring (bicyclic) bond motifs is 1. The number of aromatic nitrogens is 1. The van der Waals surface area contributed by atoms with Crippen molar-refractivity contribution < 1.29 is 13.2 Å². The molecule has 0 radical (unpaired) electrons. The molecule has 0 bridgehead atoms. The van der Waals surface area contributed by atoms with E-state index in [0.29, 0.717) is 6.54 Å². The van der Waals surface area contributed by atoms with Gasteiger partial charge in [0.2, 0.25) is 15.9 Å². The molecule has 1 fully saturated rings. The van der Waals surface area contributed by atoms with Gasteiger partial charge in [-0.1, -0.05) is 0 Å². The molecule has 2 heterocycles. The van der Waals surface area contributed by atoms with Crippen LogP contribution in [0.15, 0.2) is 23.7 Å². The Hall–Kier alpha value is -1.51. The van der Waals surface area contributed by atoms with Gasteiger partial charge in [0, 0.05) is 24.6 Å². The van der Waals surface area contributed by atoms with Crippen LogP contribution in [-0.4, -0.2) is 31.6 Å². The summed E-state index contributed by atoms with van der Waals surface area (Å²) in [6, 6.07) is 5.60. The van der Waals surface area contributed by atoms with Crippen LogP contribution >= 0.6 is 11.3 Å². The van der Waals surface area contributed by atoms with Gasteiger partial charge in [-0.15, -0.1) is 11.3 Å². The van der Waals surface area contributed by atoms with Gasteiger partial charge in [0.25, 0.3) is 0 Å². The van der Waals surface area contributed by atoms with Crippen molar-refractivity contribution in [3.05, 3.63) is 23.7 Å². The summed E-state index contributed by atoms with van der Waals surface area (Å²) in [7, 11) is -3.55. The van der Waals surface area contributed by atoms with E-state index in [9.17, 15) is 13.2 Å². The Morgan fingerprint density at radius 1 is 1.45 bits per heavy atom. The van der Waals surface area contributed by atoms with Crippen LogP contribution in [0.2, 0.25) is 0 Å². The van der Waals surface area contributed by atoms with Gasteiger partial charge >= 0.3 is 0 Å². The summed E-state index contributed by atoms with van der Waals surface area (Å²) in [5.41, 5.74) is 3.43. The molecule has 0 aliphatic carbocycles. The standard InChI is InChI=1S/C12H13N3O3S2/c13-20(17,18)6-8-3-12(16)15(5-8)9-1-2-10-11(4-9)19-7-14-10/h1-2,4,7-8H,3,5-6H2,(H2,13,17,18). The third kappa shape index (κ3) is 2.67. The van der Waals surface area contributed by atoms with Gasteiger partial charge in [-0.2, -0.15) is 0 Å². The lowest BCUT2D eigenvalue weighted by Crippen LogP contribution is -2.27. The quantitative estimate of drug-likeness (QED) is 0.912. The Kier molecular flexibility index (Phi) is 3.23. The molecular formula is C12H13N3O3S2. The molecule has 1 amide bonds. The van der Waals surface area contributed by atoms with E-state index < -0.39 is 10.0 Å². The Labute approximate surface area is 120 Å². The number of hydrogen-bond donors (Lipinski definition) is 1. The minimum Gasteiger partial charge on any atom is -0.312 e. The molecule has 1 aliphatic rings. The lowest BCUT2D eigenvalue weighted by Gasteiger charge is -2.16. The van der Waals surface area contributed by atoms with Crippen LogP contribution in [0, 0.1) is 5.92 Å². The van der Waals surface area contributed by atoms with Crippen LogP contribution in [0.25, 0.3) is 10.2 Å². The van der Waals surface area contributed by atoms with E-state index in [2.05, 4.69) is 4.98 Å². The number of primary sulfonamides is 1. The van der Waals surface area contributed by atoms with Crippen LogP contribution < -0.4 is 10.0 Å². The van der Waals surface area contributed by atoms with E-state index in [1.165, 1.54) is 11.3 Å². The number of thiazole rings is 1. The van der Waals surface area contributed by atoms with Gasteiger partial charge in [-0.3, -0.25) is 4.79 Å². The van der Waals surface area contributed by atoms with Crippen molar-refractivity contribution >= 4 is 43.2 Å². The highest BCUT2D eigenvalue weighted by atomic mass is 32.2. The third-order valence-corrected chi connectivity index (χ3v) is 5.03. The fourth-order valence-electron chi connectivity index (χ4n) is 2.48. The fourth-order valence-corrected chi connectivity index (χ4v) is 4.07. The average molecular weight is 311 g/mol. The Balaban J connectivity index is 1.85. The monoisotopic (exact) mass is 311 g/mol. The molecule has 1 aliphatic heterocycles. The van der Waals surface area contributed by atoms with Crippen LogP contribution in [0.3, 0.4) is 0 Å². The van der Waals surface area contributed by atoms with Gasteiger partial charge in [0.05, 0.1) is 21.5 Å². The van der Waals surface area contributed by atoms with Gasteiger partial charge in [-0.05, 0) is 18.2 Å². The number of sulfonamides is 1. The highest BCUT2D eigenvalue weighted by Crippen LogP contribution is 2.29. The number of amides is 1. The first-order valence-electron chi connectivity index (χ1n) is 6.06. The first-order chi connectivity index (χ1) is 9.42. The molecule has 1 saturated heterocycles. The molecule has 3 rings (SSSR count). The summed E-state index contributed by atoms with van der Waals surface area (Å²) in [6.07, 6.45) is 0.219. The molecule has 6 nitrogen and oxygen atoms in total. The molecule has 1 aromatic heterocycles. The Morgan fingerprint density at radius 2 is 2.25 bits per heavy atom. The Bertz CT molecular complexity index is 769. The number of rotatable bonds is 3. The minimum atomic E-state index is -3.55. The summed E-state index contributed by atoms with van der Waals surface area (Å²) in [5.74, 6) is -0.463. The normalized spacial score (nSPS) is 19.9. The van der Waals surface area contributed by atoms with Crippen LogP contribution in [0.4, 0.5) is 5.69 Å². The molecule has 8 heteroatoms. The highest BCUT2D eigenvalue weighted by Gasteiger charge is 2.32. The smallest absolute Gasteiger partial charge is 0.227 e. The molecule has 2 aromatic rings. The first-order valence-corrected chi connectivity index (χ1v) is 8.66. The molecule has 1 unspecified atom stereocenters. The lowest BCUT2D eigenvalue weighted by molar-refractivity contribution is -0.117. The number of hydrogen-bond acceptors (Lipinski definition) is 5. The first kappa shape index (κ1) is 13.5. The zero-order valence-corrected chi connectivity index (χ0v) is 12.2. The SMILES string of the molecule is NS(=O)(=O)CC1CC(=O)N(c2ccc3ncsc3c2)C1. The van der Waals surface area contributed by atoms with Crippen LogP contribution in [0.1, 0.15) is 6.42 Å². The summed E-state index contributed by atoms with van der Waals surface area (Å²) in [6.45, 7) is 0.388. The molecule has 106 valence electrons. The van der Waals surface area contributed by atoms with Crippen molar-refractivity contribution in [2.24, 2.45) is 11.1 Å². The van der Waals surface area contributed by atoms with Gasteiger partial charge in [0.15, 0.2) is 0 Å². The number of benzene rings is 1. The van der Waals surface area contributed by atoms with E-state index >= 15 is 0 Å². The summed E-state index contributed by atoms with van der Waals surface area (Å²) >= 11 is 1.51.